The fourth-order valence-corrected chi connectivity index (χ4v) is 2.17. The van der Waals surface area contributed by atoms with E-state index < -0.39 is 0 Å². The van der Waals surface area contributed by atoms with Crippen molar-refractivity contribution in [1.82, 2.24) is 20.4 Å². The number of guanidine groups is 1. The minimum Gasteiger partial charge on any atom is -0.359 e. The van der Waals surface area contributed by atoms with Crippen LogP contribution in [0.15, 0.2) is 4.99 Å². The number of aliphatic imine (C=N–C) groups is 1. The van der Waals surface area contributed by atoms with E-state index >= 15 is 0 Å². The van der Waals surface area contributed by atoms with Crippen LogP contribution in [0.25, 0.3) is 0 Å². The van der Waals surface area contributed by atoms with Crippen LogP contribution < -0.4 is 10.6 Å². The number of rotatable bonds is 4. The standard InChI is InChI=1S/C12H27N5/c1-5-16-6-8-17(9-7-16)11(2)10-15-12(13-3)14-4/h11H,5-10H2,1-4H3,(H2,13,14,15). The van der Waals surface area contributed by atoms with E-state index in [1.807, 2.05) is 7.05 Å². The van der Waals surface area contributed by atoms with Crippen molar-refractivity contribution in [2.75, 3.05) is 53.4 Å². The number of likely N-dealkylation sites (N-methyl/N-ethyl adjacent to an activating group) is 1. The van der Waals surface area contributed by atoms with Gasteiger partial charge in [0.1, 0.15) is 0 Å². The van der Waals surface area contributed by atoms with Crippen LogP contribution >= 0.6 is 0 Å². The smallest absolute Gasteiger partial charge is 0.190 e. The molecule has 5 nitrogen and oxygen atoms in total. The van der Waals surface area contributed by atoms with Crippen molar-refractivity contribution in [2.24, 2.45) is 4.99 Å². The molecule has 100 valence electrons. The third-order valence-corrected chi connectivity index (χ3v) is 3.50. The summed E-state index contributed by atoms with van der Waals surface area (Å²) in [5.41, 5.74) is 0. The Morgan fingerprint density at radius 3 is 2.41 bits per heavy atom. The van der Waals surface area contributed by atoms with E-state index in [-0.39, 0.29) is 0 Å². The van der Waals surface area contributed by atoms with Crippen LogP contribution in [-0.2, 0) is 0 Å². The van der Waals surface area contributed by atoms with E-state index in [0.29, 0.717) is 6.04 Å². The molecule has 2 N–H and O–H groups in total. The molecule has 1 heterocycles. The first kappa shape index (κ1) is 14.3. The molecule has 1 unspecified atom stereocenters. The van der Waals surface area contributed by atoms with Gasteiger partial charge in [0.25, 0.3) is 0 Å². The minimum atomic E-state index is 0.555. The average molecular weight is 241 g/mol. The Labute approximate surface area is 105 Å². The lowest BCUT2D eigenvalue weighted by atomic mass is 10.2. The van der Waals surface area contributed by atoms with Gasteiger partial charge in [0, 0.05) is 52.9 Å². The van der Waals surface area contributed by atoms with Gasteiger partial charge in [-0.3, -0.25) is 9.89 Å². The van der Waals surface area contributed by atoms with Crippen molar-refractivity contribution in [3.05, 3.63) is 0 Å². The van der Waals surface area contributed by atoms with Gasteiger partial charge in [0.2, 0.25) is 0 Å². The zero-order valence-corrected chi connectivity index (χ0v) is 11.7. The Balaban J connectivity index is 2.27. The average Bonchev–Trinajstić information content (AvgIpc) is 2.39. The summed E-state index contributed by atoms with van der Waals surface area (Å²) in [6, 6.07) is 0.555. The van der Waals surface area contributed by atoms with Crippen molar-refractivity contribution >= 4 is 5.96 Å². The summed E-state index contributed by atoms with van der Waals surface area (Å²) in [5.74, 6) is 0.865. The van der Waals surface area contributed by atoms with Crippen molar-refractivity contribution in [1.29, 1.82) is 0 Å². The second kappa shape index (κ2) is 7.50. The van der Waals surface area contributed by atoms with Gasteiger partial charge in [-0.25, -0.2) is 0 Å². The van der Waals surface area contributed by atoms with Gasteiger partial charge >= 0.3 is 0 Å². The van der Waals surface area contributed by atoms with Crippen LogP contribution in [0.3, 0.4) is 0 Å². The van der Waals surface area contributed by atoms with Gasteiger partial charge < -0.3 is 15.5 Å². The molecule has 0 saturated carbocycles. The molecule has 0 aliphatic carbocycles. The maximum atomic E-state index is 4.12. The van der Waals surface area contributed by atoms with Crippen LogP contribution in [0.5, 0.6) is 0 Å². The van der Waals surface area contributed by atoms with Gasteiger partial charge in [-0.05, 0) is 13.5 Å². The number of hydrogen-bond acceptors (Lipinski definition) is 3. The van der Waals surface area contributed by atoms with Crippen molar-refractivity contribution in [3.63, 3.8) is 0 Å². The predicted molar refractivity (Wildman–Crippen MR) is 73.6 cm³/mol. The Kier molecular flexibility index (Phi) is 6.29. The Morgan fingerprint density at radius 2 is 1.94 bits per heavy atom. The second-order valence-electron chi connectivity index (χ2n) is 4.52. The SMILES string of the molecule is CCN1CCN(C(C)CNC(=NC)NC)CC1. The van der Waals surface area contributed by atoms with E-state index in [4.69, 9.17) is 0 Å². The van der Waals surface area contributed by atoms with Crippen LogP contribution in [0.1, 0.15) is 13.8 Å². The molecule has 0 spiro atoms. The molecular weight excluding hydrogens is 214 g/mol. The fourth-order valence-electron chi connectivity index (χ4n) is 2.17. The highest BCUT2D eigenvalue weighted by Gasteiger charge is 2.19. The molecule has 17 heavy (non-hydrogen) atoms. The van der Waals surface area contributed by atoms with Crippen molar-refractivity contribution in [2.45, 2.75) is 19.9 Å². The number of hydrogen-bond donors (Lipinski definition) is 2. The lowest BCUT2D eigenvalue weighted by Crippen LogP contribution is -2.52. The van der Waals surface area contributed by atoms with Crippen LogP contribution in [0.4, 0.5) is 0 Å². The minimum absolute atomic E-state index is 0.555. The Bertz CT molecular complexity index is 233. The summed E-state index contributed by atoms with van der Waals surface area (Å²) in [5, 5.41) is 6.36. The van der Waals surface area contributed by atoms with E-state index in [1.54, 1.807) is 7.05 Å². The first-order chi connectivity index (χ1) is 8.21. The summed E-state index contributed by atoms with van der Waals surface area (Å²) in [4.78, 5) is 9.16. The first-order valence-electron chi connectivity index (χ1n) is 6.56. The van der Waals surface area contributed by atoms with Crippen LogP contribution in [-0.4, -0.2) is 75.2 Å². The highest BCUT2D eigenvalue weighted by atomic mass is 15.3. The molecule has 1 saturated heterocycles. The first-order valence-corrected chi connectivity index (χ1v) is 6.56. The Morgan fingerprint density at radius 1 is 1.29 bits per heavy atom. The zero-order chi connectivity index (χ0) is 12.7. The summed E-state index contributed by atoms with van der Waals surface area (Å²) in [6.07, 6.45) is 0. The predicted octanol–water partition coefficient (Wildman–Crippen LogP) is -0.193. The topological polar surface area (TPSA) is 42.9 Å². The quantitative estimate of drug-likeness (QED) is 0.529. The largest absolute Gasteiger partial charge is 0.359 e. The van der Waals surface area contributed by atoms with Gasteiger partial charge in [0.05, 0.1) is 0 Å². The summed E-state index contributed by atoms with van der Waals surface area (Å²) in [7, 11) is 3.68. The summed E-state index contributed by atoms with van der Waals surface area (Å²) in [6.45, 7) is 11.4. The van der Waals surface area contributed by atoms with Gasteiger partial charge in [-0.15, -0.1) is 0 Å². The summed E-state index contributed by atoms with van der Waals surface area (Å²) < 4.78 is 0. The highest BCUT2D eigenvalue weighted by Crippen LogP contribution is 2.05. The van der Waals surface area contributed by atoms with E-state index in [0.717, 1.165) is 12.5 Å². The molecule has 1 fully saturated rings. The molecule has 5 heteroatoms. The molecule has 0 radical (unpaired) electrons. The third kappa shape index (κ3) is 4.52. The Hall–Kier alpha value is -0.810. The zero-order valence-electron chi connectivity index (χ0n) is 11.7. The monoisotopic (exact) mass is 241 g/mol. The van der Waals surface area contributed by atoms with Gasteiger partial charge in [-0.2, -0.15) is 0 Å². The number of piperazine rings is 1. The van der Waals surface area contributed by atoms with E-state index in [2.05, 4.69) is 39.3 Å². The molecule has 1 atom stereocenters. The molecule has 1 aliphatic rings. The maximum absolute atomic E-state index is 4.12. The molecule has 0 aromatic carbocycles. The number of nitrogens with one attached hydrogen (secondary N) is 2. The highest BCUT2D eigenvalue weighted by molar-refractivity contribution is 5.79. The van der Waals surface area contributed by atoms with E-state index in [1.165, 1.54) is 32.7 Å². The molecule has 0 bridgehead atoms. The maximum Gasteiger partial charge on any atom is 0.190 e. The van der Waals surface area contributed by atoms with Crippen molar-refractivity contribution < 1.29 is 0 Å². The van der Waals surface area contributed by atoms with Gasteiger partial charge in [-0.1, -0.05) is 6.92 Å². The third-order valence-electron chi connectivity index (χ3n) is 3.50. The van der Waals surface area contributed by atoms with E-state index in [9.17, 15) is 0 Å². The normalized spacial score (nSPS) is 21.3. The van der Waals surface area contributed by atoms with Crippen molar-refractivity contribution in [3.8, 4) is 0 Å². The van der Waals surface area contributed by atoms with Gasteiger partial charge in [0.15, 0.2) is 5.96 Å². The lowest BCUT2D eigenvalue weighted by Gasteiger charge is -2.37. The lowest BCUT2D eigenvalue weighted by molar-refractivity contribution is 0.107. The molecule has 0 aromatic rings. The molecular formula is C12H27N5. The summed E-state index contributed by atoms with van der Waals surface area (Å²) >= 11 is 0. The number of nitrogens with zero attached hydrogens (tertiary/aromatic N) is 3. The molecule has 0 aromatic heterocycles. The van der Waals surface area contributed by atoms with Crippen LogP contribution in [0.2, 0.25) is 0 Å². The molecule has 1 aliphatic heterocycles. The fraction of sp³-hybridized carbons (Fsp3) is 0.917. The second-order valence-corrected chi connectivity index (χ2v) is 4.52. The molecule has 1 rings (SSSR count). The molecule has 0 amide bonds. The van der Waals surface area contributed by atoms with Crippen LogP contribution in [0, 0.1) is 0 Å².